The van der Waals surface area contributed by atoms with Crippen molar-refractivity contribution in [2.45, 2.75) is 12.8 Å². The standard InChI is InChI=1S/C17H13F2IO/c1-12-7-9-14(10-8-12)16(21)17(18,19)11-15(20)13-5-3-2-4-6-13/h2-11H,1H3. The Kier molecular flexibility index (Phi) is 4.88. The molecule has 0 aliphatic rings. The van der Waals surface area contributed by atoms with Crippen LogP contribution in [-0.2, 0) is 0 Å². The van der Waals surface area contributed by atoms with Crippen molar-refractivity contribution < 1.29 is 13.6 Å². The van der Waals surface area contributed by atoms with Gasteiger partial charge in [-0.05, 0) is 35.1 Å². The van der Waals surface area contributed by atoms with Crippen LogP contribution in [-0.4, -0.2) is 11.7 Å². The van der Waals surface area contributed by atoms with Gasteiger partial charge in [-0.25, -0.2) is 0 Å². The molecule has 0 saturated carbocycles. The van der Waals surface area contributed by atoms with E-state index in [-0.39, 0.29) is 5.56 Å². The Labute approximate surface area is 135 Å². The van der Waals surface area contributed by atoms with Gasteiger partial charge in [0.2, 0.25) is 5.78 Å². The van der Waals surface area contributed by atoms with Crippen LogP contribution in [0.4, 0.5) is 8.78 Å². The van der Waals surface area contributed by atoms with E-state index in [2.05, 4.69) is 0 Å². The molecule has 0 aliphatic heterocycles. The number of benzene rings is 2. The van der Waals surface area contributed by atoms with Crippen molar-refractivity contribution in [2.24, 2.45) is 0 Å². The van der Waals surface area contributed by atoms with Crippen molar-refractivity contribution in [1.29, 1.82) is 0 Å². The van der Waals surface area contributed by atoms with E-state index in [4.69, 9.17) is 0 Å². The number of rotatable bonds is 4. The number of hydrogen-bond acceptors (Lipinski definition) is 1. The Hall–Kier alpha value is -1.56. The van der Waals surface area contributed by atoms with Gasteiger partial charge in [0.15, 0.2) is 0 Å². The second kappa shape index (κ2) is 6.47. The van der Waals surface area contributed by atoms with Crippen molar-refractivity contribution in [1.82, 2.24) is 0 Å². The molecular formula is C17H13F2IO. The summed E-state index contributed by atoms with van der Waals surface area (Å²) in [6, 6.07) is 14.9. The fourth-order valence-electron chi connectivity index (χ4n) is 1.80. The molecular weight excluding hydrogens is 385 g/mol. The maximum absolute atomic E-state index is 14.1. The second-order valence-electron chi connectivity index (χ2n) is 4.68. The molecule has 0 amide bonds. The summed E-state index contributed by atoms with van der Waals surface area (Å²) in [6.45, 7) is 1.84. The van der Waals surface area contributed by atoms with Gasteiger partial charge in [-0.15, -0.1) is 0 Å². The molecule has 2 rings (SSSR count). The molecule has 0 spiro atoms. The summed E-state index contributed by atoms with van der Waals surface area (Å²) in [4.78, 5) is 11.9. The van der Waals surface area contributed by atoms with Gasteiger partial charge in [0, 0.05) is 15.2 Å². The van der Waals surface area contributed by atoms with Crippen molar-refractivity contribution in [3.63, 3.8) is 0 Å². The number of allylic oxidation sites excluding steroid dienone is 1. The van der Waals surface area contributed by atoms with Crippen LogP contribution in [0.3, 0.4) is 0 Å². The van der Waals surface area contributed by atoms with Crippen LogP contribution in [0.15, 0.2) is 60.7 Å². The summed E-state index contributed by atoms with van der Waals surface area (Å²) in [5.41, 5.74) is 1.60. The lowest BCUT2D eigenvalue weighted by Crippen LogP contribution is -2.26. The number of alkyl halides is 2. The molecule has 2 aromatic carbocycles. The molecule has 0 bridgehead atoms. The molecule has 21 heavy (non-hydrogen) atoms. The van der Waals surface area contributed by atoms with E-state index in [1.54, 1.807) is 36.4 Å². The molecule has 0 saturated heterocycles. The average molecular weight is 398 g/mol. The van der Waals surface area contributed by atoms with Crippen LogP contribution in [0, 0.1) is 6.92 Å². The molecule has 0 heterocycles. The number of halogens is 3. The first kappa shape index (κ1) is 15.8. The Morgan fingerprint density at radius 3 is 2.14 bits per heavy atom. The summed E-state index contributed by atoms with van der Waals surface area (Å²) >= 11 is 1.82. The van der Waals surface area contributed by atoms with E-state index in [9.17, 15) is 13.6 Å². The minimum atomic E-state index is -3.53. The molecule has 0 N–H and O–H groups in total. The highest BCUT2D eigenvalue weighted by Crippen LogP contribution is 2.30. The van der Waals surface area contributed by atoms with Crippen molar-refractivity contribution in [3.8, 4) is 0 Å². The van der Waals surface area contributed by atoms with E-state index in [0.717, 1.165) is 5.56 Å². The summed E-state index contributed by atoms with van der Waals surface area (Å²) in [5, 5.41) is 0. The maximum Gasteiger partial charge on any atom is 0.329 e. The zero-order valence-electron chi connectivity index (χ0n) is 11.3. The van der Waals surface area contributed by atoms with E-state index in [1.165, 1.54) is 12.1 Å². The van der Waals surface area contributed by atoms with Gasteiger partial charge in [0.05, 0.1) is 0 Å². The van der Waals surface area contributed by atoms with Crippen LogP contribution >= 0.6 is 22.6 Å². The predicted octanol–water partition coefficient (Wildman–Crippen LogP) is 5.29. The summed E-state index contributed by atoms with van der Waals surface area (Å²) in [5.74, 6) is -4.71. The fourth-order valence-corrected chi connectivity index (χ4v) is 2.55. The summed E-state index contributed by atoms with van der Waals surface area (Å²) in [7, 11) is 0. The molecule has 1 nitrogen and oxygen atoms in total. The van der Waals surface area contributed by atoms with Crippen molar-refractivity contribution >= 4 is 32.0 Å². The summed E-state index contributed by atoms with van der Waals surface area (Å²) in [6.07, 6.45) is 0.713. The second-order valence-corrected chi connectivity index (χ2v) is 5.84. The molecule has 108 valence electrons. The third kappa shape index (κ3) is 3.97. The number of hydrogen-bond donors (Lipinski definition) is 0. The van der Waals surface area contributed by atoms with Gasteiger partial charge < -0.3 is 0 Å². The fraction of sp³-hybridized carbons (Fsp3) is 0.118. The number of aryl methyl sites for hydroxylation is 1. The predicted molar refractivity (Wildman–Crippen MR) is 88.9 cm³/mol. The van der Waals surface area contributed by atoms with Gasteiger partial charge in [0.25, 0.3) is 0 Å². The Balaban J connectivity index is 2.29. The first-order valence-electron chi connectivity index (χ1n) is 6.33. The third-order valence-electron chi connectivity index (χ3n) is 2.97. The van der Waals surface area contributed by atoms with Crippen LogP contribution < -0.4 is 0 Å². The SMILES string of the molecule is Cc1ccc(C(=O)C(F)(F)C=C(I)c2ccccc2)cc1. The molecule has 0 radical (unpaired) electrons. The molecule has 0 unspecified atom stereocenters. The Morgan fingerprint density at radius 1 is 1.00 bits per heavy atom. The zero-order chi connectivity index (χ0) is 15.5. The molecule has 0 atom stereocenters. The molecule has 0 aromatic heterocycles. The van der Waals surface area contributed by atoms with Gasteiger partial charge >= 0.3 is 5.92 Å². The highest BCUT2D eigenvalue weighted by Gasteiger charge is 2.37. The lowest BCUT2D eigenvalue weighted by atomic mass is 10.0. The van der Waals surface area contributed by atoms with Crippen molar-refractivity contribution in [3.05, 3.63) is 77.4 Å². The highest BCUT2D eigenvalue weighted by atomic mass is 127. The Morgan fingerprint density at radius 2 is 1.57 bits per heavy atom. The molecule has 0 aliphatic carbocycles. The van der Waals surface area contributed by atoms with Gasteiger partial charge in [0.1, 0.15) is 0 Å². The average Bonchev–Trinajstić information content (AvgIpc) is 2.48. The molecule has 0 fully saturated rings. The molecule has 2 aromatic rings. The number of Topliss-reactive ketones (excluding diaryl/α,β-unsaturated/α-hetero) is 1. The van der Waals surface area contributed by atoms with Gasteiger partial charge in [-0.1, -0.05) is 60.2 Å². The van der Waals surface area contributed by atoms with E-state index in [0.29, 0.717) is 15.2 Å². The highest BCUT2D eigenvalue weighted by molar-refractivity contribution is 14.1. The van der Waals surface area contributed by atoms with Crippen LogP contribution in [0.25, 0.3) is 3.58 Å². The third-order valence-corrected chi connectivity index (χ3v) is 3.91. The summed E-state index contributed by atoms with van der Waals surface area (Å²) < 4.78 is 28.6. The lowest BCUT2D eigenvalue weighted by Gasteiger charge is -2.12. The quantitative estimate of drug-likeness (QED) is 0.506. The van der Waals surface area contributed by atoms with E-state index < -0.39 is 11.7 Å². The van der Waals surface area contributed by atoms with Crippen LogP contribution in [0.2, 0.25) is 0 Å². The van der Waals surface area contributed by atoms with E-state index >= 15 is 0 Å². The number of carbonyl (C=O) groups is 1. The number of ketones is 1. The van der Waals surface area contributed by atoms with Gasteiger partial charge in [-0.3, -0.25) is 4.79 Å². The first-order chi connectivity index (χ1) is 9.90. The smallest absolute Gasteiger partial charge is 0.287 e. The lowest BCUT2D eigenvalue weighted by molar-refractivity contribution is 0.0385. The Bertz CT molecular complexity index is 661. The maximum atomic E-state index is 14.1. The normalized spacial score (nSPS) is 12.3. The van der Waals surface area contributed by atoms with Gasteiger partial charge in [-0.2, -0.15) is 8.78 Å². The molecule has 4 heteroatoms. The largest absolute Gasteiger partial charge is 0.329 e. The minimum absolute atomic E-state index is 0.0131. The number of carbonyl (C=O) groups excluding carboxylic acids is 1. The van der Waals surface area contributed by atoms with Crippen LogP contribution in [0.1, 0.15) is 21.5 Å². The monoisotopic (exact) mass is 398 g/mol. The topological polar surface area (TPSA) is 17.1 Å². The van der Waals surface area contributed by atoms with Crippen LogP contribution in [0.5, 0.6) is 0 Å². The van der Waals surface area contributed by atoms with Crippen molar-refractivity contribution in [2.75, 3.05) is 0 Å². The van der Waals surface area contributed by atoms with E-state index in [1.807, 2.05) is 35.6 Å². The minimum Gasteiger partial charge on any atom is -0.287 e. The first-order valence-corrected chi connectivity index (χ1v) is 7.41. The zero-order valence-corrected chi connectivity index (χ0v) is 13.5.